The molecule has 0 saturated heterocycles. The molecule has 0 spiro atoms. The molecule has 0 bridgehead atoms. The third-order valence-corrected chi connectivity index (χ3v) is 11.2. The molecule has 1 aliphatic heterocycles. The molecule has 10 heteroatoms. The van der Waals surface area contributed by atoms with E-state index in [2.05, 4.69) is 41.0 Å². The number of unbranched alkanes of at least 4 members (excludes halogenated alkanes) is 1. The van der Waals surface area contributed by atoms with Crippen LogP contribution in [0.4, 0.5) is 0 Å². The third kappa shape index (κ3) is 9.41. The molecule has 0 saturated carbocycles. The fourth-order valence-electron chi connectivity index (χ4n) is 6.74. The number of fused-ring (bicyclic) bond motifs is 3. The quantitative estimate of drug-likeness (QED) is 0.205. The Morgan fingerprint density at radius 1 is 0.857 bits per heavy atom. The second-order valence-electron chi connectivity index (χ2n) is 12.9. The summed E-state index contributed by atoms with van der Waals surface area (Å²) in [5.41, 5.74) is 16.9. The Kier molecular flexibility index (Phi) is 13.5. The van der Waals surface area contributed by atoms with Gasteiger partial charge in [0.2, 0.25) is 11.8 Å². The monoisotopic (exact) mass is 701 g/mol. The van der Waals surface area contributed by atoms with Crippen LogP contribution in [0, 0.1) is 5.92 Å². The van der Waals surface area contributed by atoms with Crippen molar-refractivity contribution in [3.8, 4) is 0 Å². The molecule has 0 fully saturated rings. The number of amides is 2. The second-order valence-corrected chi connectivity index (χ2v) is 14.4. The van der Waals surface area contributed by atoms with E-state index in [0.717, 1.165) is 44.9 Å². The lowest BCUT2D eigenvalue weighted by atomic mass is 9.90. The van der Waals surface area contributed by atoms with Crippen molar-refractivity contribution in [1.82, 2.24) is 15.5 Å². The number of benzene rings is 3. The lowest BCUT2D eigenvalue weighted by molar-refractivity contribution is -0.143. The molecule has 0 aromatic heterocycles. The minimum atomic E-state index is -0.793. The molecule has 2 aliphatic rings. The Bertz CT molecular complexity index is 1660. The van der Waals surface area contributed by atoms with Gasteiger partial charge in [0, 0.05) is 59.3 Å². The molecule has 3 atom stereocenters. The van der Waals surface area contributed by atoms with Crippen molar-refractivity contribution in [2.45, 2.75) is 86.3 Å². The van der Waals surface area contributed by atoms with Gasteiger partial charge in [0.05, 0.1) is 6.04 Å². The summed E-state index contributed by atoms with van der Waals surface area (Å²) in [6, 6.07) is 20.7. The maximum atomic E-state index is 14.4. The lowest BCUT2D eigenvalue weighted by Crippen LogP contribution is -2.50. The standard InChI is InChI=1S/C39H48ClN5O3S/c1-45-34(22-27-19-18-26-10-2-4-13-30(26)27)38(47)44-25-31-32(40)14-8-17-37(31)49-36-16-5-3-12-29(36)24-43-33(15-9-21-42)35(46)23-28(39(45)48)11-6-7-20-41/h2-5,8,10,12-14,16-17,19,28,33-34,43H,6-7,9,11,15,18,20-25,41-42H2,1H3,(H,44,47)/t28-,33+,34+/m1/s1. The van der Waals surface area contributed by atoms with E-state index in [9.17, 15) is 14.4 Å². The number of carbonyl (C=O) groups excluding carboxylic acids is 3. The van der Waals surface area contributed by atoms with Crippen molar-refractivity contribution in [2.24, 2.45) is 17.4 Å². The molecule has 0 unspecified atom stereocenters. The van der Waals surface area contributed by atoms with Crippen molar-refractivity contribution in [3.05, 3.63) is 100 Å². The molecule has 260 valence electrons. The van der Waals surface area contributed by atoms with Gasteiger partial charge in [0.25, 0.3) is 0 Å². The van der Waals surface area contributed by atoms with Gasteiger partial charge >= 0.3 is 0 Å². The number of nitrogens with two attached hydrogens (primary N) is 2. The van der Waals surface area contributed by atoms with E-state index in [0.29, 0.717) is 56.8 Å². The molecular formula is C39H48ClN5O3S. The Morgan fingerprint density at radius 2 is 1.59 bits per heavy atom. The zero-order valence-electron chi connectivity index (χ0n) is 28.3. The first-order valence-corrected chi connectivity index (χ1v) is 18.5. The number of allylic oxidation sites excluding steroid dienone is 1. The summed E-state index contributed by atoms with van der Waals surface area (Å²) in [5, 5.41) is 7.21. The zero-order chi connectivity index (χ0) is 34.8. The summed E-state index contributed by atoms with van der Waals surface area (Å²) in [7, 11) is 1.69. The van der Waals surface area contributed by atoms with Crippen LogP contribution in [0.3, 0.4) is 0 Å². The van der Waals surface area contributed by atoms with Crippen LogP contribution in [-0.4, -0.2) is 54.7 Å². The van der Waals surface area contributed by atoms with Crippen molar-refractivity contribution in [2.75, 3.05) is 20.1 Å². The largest absolute Gasteiger partial charge is 0.350 e. The van der Waals surface area contributed by atoms with Gasteiger partial charge < -0.3 is 27.0 Å². The number of hydrogen-bond acceptors (Lipinski definition) is 7. The van der Waals surface area contributed by atoms with E-state index >= 15 is 0 Å². The zero-order valence-corrected chi connectivity index (χ0v) is 29.8. The predicted molar refractivity (Wildman–Crippen MR) is 198 cm³/mol. The fourth-order valence-corrected chi connectivity index (χ4v) is 8.14. The maximum Gasteiger partial charge on any atom is 0.243 e. The van der Waals surface area contributed by atoms with E-state index in [1.54, 1.807) is 23.7 Å². The van der Waals surface area contributed by atoms with Gasteiger partial charge in [0.1, 0.15) is 6.04 Å². The summed E-state index contributed by atoms with van der Waals surface area (Å²) >= 11 is 8.36. The molecule has 6 N–H and O–H groups in total. The normalized spacial score (nSPS) is 20.6. The highest BCUT2D eigenvalue weighted by atomic mass is 35.5. The van der Waals surface area contributed by atoms with Crippen LogP contribution >= 0.6 is 23.4 Å². The molecule has 49 heavy (non-hydrogen) atoms. The minimum Gasteiger partial charge on any atom is -0.350 e. The van der Waals surface area contributed by atoms with Crippen LogP contribution in [0.15, 0.2) is 82.6 Å². The summed E-state index contributed by atoms with van der Waals surface area (Å²) < 4.78 is 0. The Morgan fingerprint density at radius 3 is 2.39 bits per heavy atom. The first-order chi connectivity index (χ1) is 23.8. The van der Waals surface area contributed by atoms with Crippen LogP contribution in [0.25, 0.3) is 5.57 Å². The van der Waals surface area contributed by atoms with Crippen LogP contribution in [0.5, 0.6) is 0 Å². The average Bonchev–Trinajstić information content (AvgIpc) is 3.52. The number of likely N-dealkylation sites (N-methyl/N-ethyl adjacent to an activating group) is 1. The molecule has 8 nitrogen and oxygen atoms in total. The van der Waals surface area contributed by atoms with Crippen LogP contribution in [0.1, 0.15) is 67.2 Å². The Labute approximate surface area is 299 Å². The molecule has 0 radical (unpaired) electrons. The van der Waals surface area contributed by atoms with Gasteiger partial charge in [-0.1, -0.05) is 84.4 Å². The van der Waals surface area contributed by atoms with Crippen LogP contribution in [0.2, 0.25) is 5.02 Å². The second kappa shape index (κ2) is 18.0. The van der Waals surface area contributed by atoms with Crippen molar-refractivity contribution >= 4 is 46.5 Å². The molecule has 1 heterocycles. The molecule has 5 rings (SSSR count). The summed E-state index contributed by atoms with van der Waals surface area (Å²) in [4.78, 5) is 46.2. The maximum absolute atomic E-state index is 14.4. The van der Waals surface area contributed by atoms with Crippen LogP contribution < -0.4 is 22.1 Å². The van der Waals surface area contributed by atoms with E-state index in [4.69, 9.17) is 23.1 Å². The first kappa shape index (κ1) is 36.8. The lowest BCUT2D eigenvalue weighted by Gasteiger charge is -2.32. The first-order valence-electron chi connectivity index (χ1n) is 17.3. The van der Waals surface area contributed by atoms with Gasteiger partial charge in [0.15, 0.2) is 5.78 Å². The van der Waals surface area contributed by atoms with Gasteiger partial charge in [-0.3, -0.25) is 14.4 Å². The Balaban J connectivity index is 1.54. The average molecular weight is 702 g/mol. The smallest absolute Gasteiger partial charge is 0.243 e. The highest BCUT2D eigenvalue weighted by Crippen LogP contribution is 2.36. The molecule has 1 aliphatic carbocycles. The van der Waals surface area contributed by atoms with E-state index < -0.39 is 18.0 Å². The fraction of sp³-hybridized carbons (Fsp3) is 0.410. The number of nitrogens with one attached hydrogen (secondary N) is 2. The number of Topliss-reactive ketones (excluding diaryl/α,β-unsaturated/α-hetero) is 1. The summed E-state index contributed by atoms with van der Waals surface area (Å²) in [5.74, 6) is -1.08. The van der Waals surface area contributed by atoms with E-state index in [-0.39, 0.29) is 30.6 Å². The van der Waals surface area contributed by atoms with Crippen molar-refractivity contribution in [3.63, 3.8) is 0 Å². The van der Waals surface area contributed by atoms with Gasteiger partial charge in [-0.05, 0) is 85.7 Å². The molecule has 2 amide bonds. The summed E-state index contributed by atoms with van der Waals surface area (Å²) in [6.07, 6.45) is 6.58. The third-order valence-electron chi connectivity index (χ3n) is 9.60. The topological polar surface area (TPSA) is 131 Å². The Hall–Kier alpha value is -3.47. The SMILES string of the molecule is CN1C(=O)[C@H](CCCCN)CC(=O)[C@H](CCCN)NCc2ccccc2Sc2cccc(Cl)c2CNC(=O)[C@@H]1CC1=CCc2ccccc21. The highest BCUT2D eigenvalue weighted by molar-refractivity contribution is 7.99. The van der Waals surface area contributed by atoms with E-state index in [1.165, 1.54) is 5.56 Å². The van der Waals surface area contributed by atoms with E-state index in [1.807, 2.05) is 42.5 Å². The van der Waals surface area contributed by atoms with Gasteiger partial charge in [-0.15, -0.1) is 0 Å². The predicted octanol–water partition coefficient (Wildman–Crippen LogP) is 5.88. The highest BCUT2D eigenvalue weighted by Gasteiger charge is 2.35. The number of ketones is 1. The number of halogens is 1. The van der Waals surface area contributed by atoms with Crippen molar-refractivity contribution < 1.29 is 14.4 Å². The summed E-state index contributed by atoms with van der Waals surface area (Å²) in [6.45, 7) is 1.65. The number of nitrogens with zero attached hydrogens (tertiary/aromatic N) is 1. The van der Waals surface area contributed by atoms with Crippen molar-refractivity contribution in [1.29, 1.82) is 0 Å². The molecular weight excluding hydrogens is 654 g/mol. The minimum absolute atomic E-state index is 0.0204. The molecule has 3 aromatic carbocycles. The molecule has 3 aromatic rings. The number of rotatable bonds is 9. The van der Waals surface area contributed by atoms with Crippen LogP contribution in [-0.2, 0) is 33.9 Å². The number of hydrogen-bond donors (Lipinski definition) is 4. The van der Waals surface area contributed by atoms with Gasteiger partial charge in [-0.2, -0.15) is 0 Å². The van der Waals surface area contributed by atoms with Gasteiger partial charge in [-0.25, -0.2) is 0 Å². The number of carbonyl (C=O) groups is 3.